The highest BCUT2D eigenvalue weighted by molar-refractivity contribution is 5.59. The molecule has 0 radical (unpaired) electrons. The molecule has 3 heteroatoms. The van der Waals surface area contributed by atoms with Crippen LogP contribution < -0.4 is 0 Å². The molecule has 0 saturated heterocycles. The number of hydrogen-bond acceptors (Lipinski definition) is 3. The molecule has 0 amide bonds. The summed E-state index contributed by atoms with van der Waals surface area (Å²) < 4.78 is 9.20. The highest BCUT2D eigenvalue weighted by atomic mass is 16.7. The van der Waals surface area contributed by atoms with Crippen LogP contribution in [0.4, 0.5) is 4.79 Å². The van der Waals surface area contributed by atoms with Crippen LogP contribution in [0.2, 0.25) is 0 Å². The Balaban J connectivity index is 2.16. The molecule has 0 heterocycles. The second kappa shape index (κ2) is 2.90. The standard InChI is InChI=1S/C7H12O3/c1-5(6-3-4-6)10-7(8)9-2/h5-6H,3-4H2,1-2H3/t5-/m1/s1. The van der Waals surface area contributed by atoms with Crippen LogP contribution in [0.3, 0.4) is 0 Å². The lowest BCUT2D eigenvalue weighted by atomic mass is 10.3. The summed E-state index contributed by atoms with van der Waals surface area (Å²) in [5, 5.41) is 0. The van der Waals surface area contributed by atoms with Crippen LogP contribution in [0.15, 0.2) is 0 Å². The normalized spacial score (nSPS) is 19.8. The van der Waals surface area contributed by atoms with Gasteiger partial charge in [-0.05, 0) is 25.7 Å². The molecule has 10 heavy (non-hydrogen) atoms. The van der Waals surface area contributed by atoms with Crippen molar-refractivity contribution in [1.82, 2.24) is 0 Å². The van der Waals surface area contributed by atoms with Gasteiger partial charge in [0.2, 0.25) is 0 Å². The van der Waals surface area contributed by atoms with Crippen molar-refractivity contribution in [3.63, 3.8) is 0 Å². The van der Waals surface area contributed by atoms with Gasteiger partial charge in [-0.2, -0.15) is 0 Å². The summed E-state index contributed by atoms with van der Waals surface area (Å²) in [6.07, 6.45) is 1.82. The predicted molar refractivity (Wildman–Crippen MR) is 35.7 cm³/mol. The third kappa shape index (κ3) is 1.90. The molecule has 1 aliphatic carbocycles. The summed E-state index contributed by atoms with van der Waals surface area (Å²) in [6.45, 7) is 1.90. The maximum absolute atomic E-state index is 10.5. The summed E-state index contributed by atoms with van der Waals surface area (Å²) in [7, 11) is 1.32. The Hall–Kier alpha value is -0.730. The third-order valence-electron chi connectivity index (χ3n) is 1.73. The first-order chi connectivity index (χ1) is 4.74. The molecule has 0 aromatic carbocycles. The van der Waals surface area contributed by atoms with Crippen molar-refractivity contribution in [2.24, 2.45) is 5.92 Å². The van der Waals surface area contributed by atoms with Crippen molar-refractivity contribution in [2.75, 3.05) is 7.11 Å². The van der Waals surface area contributed by atoms with Crippen LogP contribution in [-0.2, 0) is 9.47 Å². The van der Waals surface area contributed by atoms with Crippen molar-refractivity contribution >= 4 is 6.16 Å². The van der Waals surface area contributed by atoms with Gasteiger partial charge in [0.05, 0.1) is 7.11 Å². The van der Waals surface area contributed by atoms with E-state index in [1.165, 1.54) is 20.0 Å². The maximum Gasteiger partial charge on any atom is 0.508 e. The summed E-state index contributed by atoms with van der Waals surface area (Å²) in [6, 6.07) is 0. The van der Waals surface area contributed by atoms with Crippen molar-refractivity contribution < 1.29 is 14.3 Å². The minimum atomic E-state index is -0.570. The van der Waals surface area contributed by atoms with Gasteiger partial charge in [0.15, 0.2) is 0 Å². The Kier molecular flexibility index (Phi) is 2.14. The predicted octanol–water partition coefficient (Wildman–Crippen LogP) is 1.57. The molecular weight excluding hydrogens is 132 g/mol. The van der Waals surface area contributed by atoms with E-state index in [2.05, 4.69) is 4.74 Å². The van der Waals surface area contributed by atoms with Gasteiger partial charge in [0, 0.05) is 0 Å². The quantitative estimate of drug-likeness (QED) is 0.552. The third-order valence-corrected chi connectivity index (χ3v) is 1.73. The lowest BCUT2D eigenvalue weighted by Gasteiger charge is -2.09. The van der Waals surface area contributed by atoms with E-state index in [0.717, 1.165) is 0 Å². The van der Waals surface area contributed by atoms with Crippen molar-refractivity contribution in [3.8, 4) is 0 Å². The number of ether oxygens (including phenoxy) is 2. The van der Waals surface area contributed by atoms with Crippen LogP contribution >= 0.6 is 0 Å². The minimum Gasteiger partial charge on any atom is -0.438 e. The molecule has 1 fully saturated rings. The molecule has 0 aliphatic heterocycles. The average molecular weight is 144 g/mol. The summed E-state index contributed by atoms with van der Waals surface area (Å²) in [4.78, 5) is 10.5. The first kappa shape index (κ1) is 7.38. The van der Waals surface area contributed by atoms with Crippen LogP contribution in [0.5, 0.6) is 0 Å². The molecule has 0 unspecified atom stereocenters. The molecule has 0 N–H and O–H groups in total. The van der Waals surface area contributed by atoms with Gasteiger partial charge in [0.25, 0.3) is 0 Å². The minimum absolute atomic E-state index is 0.0347. The lowest BCUT2D eigenvalue weighted by molar-refractivity contribution is 0.0358. The lowest BCUT2D eigenvalue weighted by Crippen LogP contribution is -2.16. The Morgan fingerprint density at radius 1 is 1.60 bits per heavy atom. The fraction of sp³-hybridized carbons (Fsp3) is 0.857. The maximum atomic E-state index is 10.5. The zero-order valence-electron chi connectivity index (χ0n) is 6.29. The largest absolute Gasteiger partial charge is 0.508 e. The van der Waals surface area contributed by atoms with Gasteiger partial charge in [0.1, 0.15) is 6.10 Å². The van der Waals surface area contributed by atoms with Gasteiger partial charge in [-0.15, -0.1) is 0 Å². The van der Waals surface area contributed by atoms with E-state index in [-0.39, 0.29) is 6.10 Å². The topological polar surface area (TPSA) is 35.5 Å². The molecule has 58 valence electrons. The van der Waals surface area contributed by atoms with E-state index >= 15 is 0 Å². The highest BCUT2D eigenvalue weighted by Crippen LogP contribution is 2.33. The van der Waals surface area contributed by atoms with Gasteiger partial charge in [-0.3, -0.25) is 0 Å². The zero-order chi connectivity index (χ0) is 7.56. The average Bonchev–Trinajstić information content (AvgIpc) is 2.68. The first-order valence-corrected chi connectivity index (χ1v) is 3.48. The van der Waals surface area contributed by atoms with Gasteiger partial charge < -0.3 is 9.47 Å². The van der Waals surface area contributed by atoms with E-state index in [1.807, 2.05) is 6.92 Å². The Morgan fingerprint density at radius 2 is 2.20 bits per heavy atom. The molecule has 0 aromatic heterocycles. The smallest absolute Gasteiger partial charge is 0.438 e. The molecule has 1 rings (SSSR count). The SMILES string of the molecule is COC(=O)O[C@H](C)C1CC1. The zero-order valence-corrected chi connectivity index (χ0v) is 6.29. The molecule has 3 nitrogen and oxygen atoms in total. The highest BCUT2D eigenvalue weighted by Gasteiger charge is 2.30. The summed E-state index contributed by atoms with van der Waals surface area (Å²) in [5.74, 6) is 0.582. The van der Waals surface area contributed by atoms with Gasteiger partial charge in [-0.1, -0.05) is 0 Å². The number of carbonyl (C=O) groups excluding carboxylic acids is 1. The fourth-order valence-corrected chi connectivity index (χ4v) is 0.862. The Morgan fingerprint density at radius 3 is 2.60 bits per heavy atom. The second-order valence-corrected chi connectivity index (χ2v) is 2.61. The fourth-order valence-electron chi connectivity index (χ4n) is 0.862. The van der Waals surface area contributed by atoms with Crippen molar-refractivity contribution in [1.29, 1.82) is 0 Å². The van der Waals surface area contributed by atoms with E-state index in [0.29, 0.717) is 5.92 Å². The molecule has 0 aromatic rings. The number of rotatable bonds is 2. The number of carbonyl (C=O) groups is 1. The van der Waals surface area contributed by atoms with E-state index in [4.69, 9.17) is 4.74 Å². The molecule has 1 aliphatic rings. The van der Waals surface area contributed by atoms with Crippen LogP contribution in [0.1, 0.15) is 19.8 Å². The van der Waals surface area contributed by atoms with Gasteiger partial charge in [-0.25, -0.2) is 4.79 Å². The van der Waals surface area contributed by atoms with Crippen LogP contribution in [0, 0.1) is 5.92 Å². The summed E-state index contributed by atoms with van der Waals surface area (Å²) >= 11 is 0. The van der Waals surface area contributed by atoms with Gasteiger partial charge >= 0.3 is 6.16 Å². The van der Waals surface area contributed by atoms with Crippen molar-refractivity contribution in [3.05, 3.63) is 0 Å². The van der Waals surface area contributed by atoms with Crippen LogP contribution in [-0.4, -0.2) is 19.4 Å². The van der Waals surface area contributed by atoms with Crippen LogP contribution in [0.25, 0.3) is 0 Å². The molecule has 0 bridgehead atoms. The first-order valence-electron chi connectivity index (χ1n) is 3.48. The number of hydrogen-bond donors (Lipinski definition) is 0. The molecule has 0 spiro atoms. The monoisotopic (exact) mass is 144 g/mol. The van der Waals surface area contributed by atoms with E-state index in [1.54, 1.807) is 0 Å². The number of methoxy groups -OCH3 is 1. The van der Waals surface area contributed by atoms with Crippen molar-refractivity contribution in [2.45, 2.75) is 25.9 Å². The van der Waals surface area contributed by atoms with E-state index in [9.17, 15) is 4.79 Å². The Labute approximate surface area is 60.3 Å². The molecular formula is C7H12O3. The second-order valence-electron chi connectivity index (χ2n) is 2.61. The molecule has 1 atom stereocenters. The Bertz CT molecular complexity index is 129. The molecule has 1 saturated carbocycles. The summed E-state index contributed by atoms with van der Waals surface area (Å²) in [5.41, 5.74) is 0. The van der Waals surface area contributed by atoms with E-state index < -0.39 is 6.16 Å².